The lowest BCUT2D eigenvalue weighted by molar-refractivity contribution is 0.00578. The Morgan fingerprint density at radius 3 is 2.10 bits per heavy atom. The molecule has 3 aromatic rings. The van der Waals surface area contributed by atoms with Crippen molar-refractivity contribution in [2.45, 2.75) is 51.7 Å². The lowest BCUT2D eigenvalue weighted by Gasteiger charge is -2.32. The number of allylic oxidation sites excluding steroid dienone is 1. The third-order valence-electron chi connectivity index (χ3n) is 6.87. The lowest BCUT2D eigenvalue weighted by Crippen LogP contribution is -2.41. The van der Waals surface area contributed by atoms with E-state index >= 15 is 0 Å². The van der Waals surface area contributed by atoms with E-state index in [1.807, 2.05) is 0 Å². The molecular formula is C26H27BO2. The fraction of sp³-hybridized carbons (Fsp3) is 0.308. The van der Waals surface area contributed by atoms with Gasteiger partial charge in [0.25, 0.3) is 0 Å². The Morgan fingerprint density at radius 1 is 0.690 bits per heavy atom. The molecule has 0 radical (unpaired) electrons. The van der Waals surface area contributed by atoms with Gasteiger partial charge in [0.1, 0.15) is 0 Å². The van der Waals surface area contributed by atoms with Crippen molar-refractivity contribution in [2.24, 2.45) is 0 Å². The van der Waals surface area contributed by atoms with Gasteiger partial charge in [0.15, 0.2) is 0 Å². The molecule has 1 heterocycles. The molecule has 1 saturated heterocycles. The Kier molecular flexibility index (Phi) is 4.24. The van der Waals surface area contributed by atoms with E-state index in [9.17, 15) is 0 Å². The Labute approximate surface area is 173 Å². The standard InChI is InChI=1S/C26H27BO2/c1-25(2)26(3,4)29-27(28-25)23-17-16-19-11-6-8-14-21(19)24(23)22-15-9-12-18-10-5-7-13-20(18)22/h5-15H,16-17H2,1-4H3. The third-order valence-corrected chi connectivity index (χ3v) is 6.87. The fourth-order valence-electron chi connectivity index (χ4n) is 4.53. The molecule has 2 aliphatic rings. The normalized spacial score (nSPS) is 20.2. The molecule has 0 atom stereocenters. The van der Waals surface area contributed by atoms with Crippen molar-refractivity contribution < 1.29 is 9.31 Å². The third kappa shape index (κ3) is 2.96. The van der Waals surface area contributed by atoms with Crippen LogP contribution in [0.1, 0.15) is 50.8 Å². The molecule has 2 nitrogen and oxygen atoms in total. The summed E-state index contributed by atoms with van der Waals surface area (Å²) in [5.74, 6) is 0. The molecule has 1 aliphatic heterocycles. The molecule has 0 N–H and O–H groups in total. The fourth-order valence-corrected chi connectivity index (χ4v) is 4.53. The van der Waals surface area contributed by atoms with Gasteiger partial charge < -0.3 is 9.31 Å². The number of hydrogen-bond acceptors (Lipinski definition) is 2. The maximum Gasteiger partial charge on any atom is 0.491 e. The number of rotatable bonds is 2. The summed E-state index contributed by atoms with van der Waals surface area (Å²) in [7, 11) is -0.317. The van der Waals surface area contributed by atoms with Gasteiger partial charge >= 0.3 is 7.12 Å². The monoisotopic (exact) mass is 382 g/mol. The predicted molar refractivity (Wildman–Crippen MR) is 121 cm³/mol. The number of aryl methyl sites for hydroxylation is 1. The second-order valence-corrected chi connectivity index (χ2v) is 9.17. The minimum absolute atomic E-state index is 0.317. The van der Waals surface area contributed by atoms with Crippen LogP contribution in [0.2, 0.25) is 0 Å². The van der Waals surface area contributed by atoms with Gasteiger partial charge in [-0.15, -0.1) is 0 Å². The van der Waals surface area contributed by atoms with E-state index in [1.165, 1.54) is 38.5 Å². The zero-order valence-electron chi connectivity index (χ0n) is 17.7. The van der Waals surface area contributed by atoms with Crippen LogP contribution in [-0.4, -0.2) is 18.3 Å². The first-order valence-electron chi connectivity index (χ1n) is 10.5. The van der Waals surface area contributed by atoms with E-state index in [4.69, 9.17) is 9.31 Å². The van der Waals surface area contributed by atoms with Gasteiger partial charge in [-0.3, -0.25) is 0 Å². The van der Waals surface area contributed by atoms with E-state index in [2.05, 4.69) is 94.4 Å². The molecule has 3 aromatic carbocycles. The van der Waals surface area contributed by atoms with Crippen molar-refractivity contribution in [3.63, 3.8) is 0 Å². The average Bonchev–Trinajstić information content (AvgIpc) is 2.93. The Morgan fingerprint density at radius 2 is 1.31 bits per heavy atom. The van der Waals surface area contributed by atoms with Crippen LogP contribution in [0.5, 0.6) is 0 Å². The Bertz CT molecular complexity index is 1110. The first-order valence-corrected chi connectivity index (χ1v) is 10.5. The van der Waals surface area contributed by atoms with Crippen LogP contribution in [0, 0.1) is 0 Å². The van der Waals surface area contributed by atoms with E-state index in [0.29, 0.717) is 0 Å². The van der Waals surface area contributed by atoms with Crippen LogP contribution in [0.15, 0.2) is 72.2 Å². The Hall–Kier alpha value is -2.36. The molecule has 0 spiro atoms. The van der Waals surface area contributed by atoms with Crippen LogP contribution in [-0.2, 0) is 15.7 Å². The summed E-state index contributed by atoms with van der Waals surface area (Å²) in [6.07, 6.45) is 1.97. The summed E-state index contributed by atoms with van der Waals surface area (Å²) < 4.78 is 13.0. The number of fused-ring (bicyclic) bond motifs is 2. The smallest absolute Gasteiger partial charge is 0.400 e. The molecule has 0 amide bonds. The zero-order chi connectivity index (χ0) is 20.2. The van der Waals surface area contributed by atoms with E-state index in [0.717, 1.165) is 12.8 Å². The molecule has 0 saturated carbocycles. The first kappa shape index (κ1) is 18.7. The van der Waals surface area contributed by atoms with E-state index in [1.54, 1.807) is 0 Å². The first-order chi connectivity index (χ1) is 13.9. The quantitative estimate of drug-likeness (QED) is 0.490. The van der Waals surface area contributed by atoms with Crippen molar-refractivity contribution >= 4 is 23.5 Å². The molecular weight excluding hydrogens is 355 g/mol. The topological polar surface area (TPSA) is 18.5 Å². The molecule has 146 valence electrons. The molecule has 0 aromatic heterocycles. The number of hydrogen-bond donors (Lipinski definition) is 0. The van der Waals surface area contributed by atoms with Gasteiger partial charge in [-0.25, -0.2) is 0 Å². The largest absolute Gasteiger partial charge is 0.491 e. The van der Waals surface area contributed by atoms with Gasteiger partial charge in [0, 0.05) is 0 Å². The van der Waals surface area contributed by atoms with Crippen LogP contribution < -0.4 is 0 Å². The highest BCUT2D eigenvalue weighted by Gasteiger charge is 2.53. The van der Waals surface area contributed by atoms with Crippen molar-refractivity contribution in [2.75, 3.05) is 0 Å². The zero-order valence-corrected chi connectivity index (χ0v) is 17.7. The minimum atomic E-state index is -0.342. The van der Waals surface area contributed by atoms with E-state index in [-0.39, 0.29) is 18.3 Å². The SMILES string of the molecule is CC1(C)OB(C2=C(c3cccc4ccccc34)c3ccccc3CC2)OC1(C)C. The average molecular weight is 382 g/mol. The predicted octanol–water partition coefficient (Wildman–Crippen LogP) is 6.22. The van der Waals surface area contributed by atoms with Crippen molar-refractivity contribution in [1.82, 2.24) is 0 Å². The molecule has 29 heavy (non-hydrogen) atoms. The van der Waals surface area contributed by atoms with E-state index < -0.39 is 0 Å². The molecule has 0 unspecified atom stereocenters. The summed E-state index contributed by atoms with van der Waals surface area (Å²) >= 11 is 0. The maximum absolute atomic E-state index is 6.50. The highest BCUT2D eigenvalue weighted by molar-refractivity contribution is 6.56. The maximum atomic E-state index is 6.50. The van der Waals surface area contributed by atoms with Gasteiger partial charge in [-0.2, -0.15) is 0 Å². The van der Waals surface area contributed by atoms with Gasteiger partial charge in [-0.05, 0) is 79.0 Å². The van der Waals surface area contributed by atoms with Crippen molar-refractivity contribution in [3.8, 4) is 0 Å². The van der Waals surface area contributed by atoms with Gasteiger partial charge in [-0.1, -0.05) is 66.7 Å². The van der Waals surface area contributed by atoms with Crippen molar-refractivity contribution in [1.29, 1.82) is 0 Å². The summed E-state index contributed by atoms with van der Waals surface area (Å²) in [6.45, 7) is 8.51. The molecule has 1 aliphatic carbocycles. The lowest BCUT2D eigenvalue weighted by atomic mass is 9.66. The summed E-state index contributed by atoms with van der Waals surface area (Å²) in [5, 5.41) is 2.53. The molecule has 5 rings (SSSR count). The van der Waals surface area contributed by atoms with Crippen LogP contribution in [0.3, 0.4) is 0 Å². The minimum Gasteiger partial charge on any atom is -0.400 e. The van der Waals surface area contributed by atoms with Gasteiger partial charge in [0.2, 0.25) is 0 Å². The van der Waals surface area contributed by atoms with Gasteiger partial charge in [0.05, 0.1) is 11.2 Å². The molecule has 1 fully saturated rings. The highest BCUT2D eigenvalue weighted by atomic mass is 16.7. The summed E-state index contributed by atoms with van der Waals surface area (Å²) in [6, 6.07) is 24.0. The van der Waals surface area contributed by atoms with Crippen LogP contribution in [0.25, 0.3) is 16.3 Å². The van der Waals surface area contributed by atoms with Crippen LogP contribution >= 0.6 is 0 Å². The molecule has 0 bridgehead atoms. The summed E-state index contributed by atoms with van der Waals surface area (Å²) in [5.41, 5.74) is 5.83. The number of benzene rings is 3. The van der Waals surface area contributed by atoms with Crippen LogP contribution in [0.4, 0.5) is 0 Å². The summed E-state index contributed by atoms with van der Waals surface area (Å²) in [4.78, 5) is 0. The molecule has 3 heteroatoms. The second kappa shape index (κ2) is 6.58. The second-order valence-electron chi connectivity index (χ2n) is 9.17. The highest BCUT2D eigenvalue weighted by Crippen LogP contribution is 2.45. The Balaban J connectivity index is 1.77. The van der Waals surface area contributed by atoms with Crippen molar-refractivity contribution in [3.05, 3.63) is 88.9 Å².